The van der Waals surface area contributed by atoms with Crippen LogP contribution in [0.1, 0.15) is 33.1 Å². The summed E-state index contributed by atoms with van der Waals surface area (Å²) in [5.41, 5.74) is 2.63. The molecule has 2 saturated carbocycles. The van der Waals surface area contributed by atoms with Crippen LogP contribution in [0.3, 0.4) is 0 Å². The quantitative estimate of drug-likeness (QED) is 0.619. The lowest BCUT2D eigenvalue weighted by atomic mass is 9.64. The van der Waals surface area contributed by atoms with E-state index in [2.05, 4.69) is 26.5 Å². The SMILES string of the molecule is C=C1C(O)CC2C(C)=CC2C2C(C)CCC12. The van der Waals surface area contributed by atoms with Gasteiger partial charge in [0, 0.05) is 0 Å². The Morgan fingerprint density at radius 3 is 2.75 bits per heavy atom. The van der Waals surface area contributed by atoms with Crippen LogP contribution in [-0.2, 0) is 0 Å². The lowest BCUT2D eigenvalue weighted by molar-refractivity contribution is 0.164. The highest BCUT2D eigenvalue weighted by Crippen LogP contribution is 2.56. The highest BCUT2D eigenvalue weighted by Gasteiger charge is 2.49. The molecule has 1 N–H and O–H groups in total. The summed E-state index contributed by atoms with van der Waals surface area (Å²) in [5, 5.41) is 10.2. The zero-order chi connectivity index (χ0) is 11.4. The van der Waals surface area contributed by atoms with E-state index in [1.54, 1.807) is 0 Å². The molecule has 88 valence electrons. The first kappa shape index (κ1) is 10.6. The summed E-state index contributed by atoms with van der Waals surface area (Å²) in [6, 6.07) is 0. The molecule has 0 aliphatic heterocycles. The average Bonchev–Trinajstić information content (AvgIpc) is 2.59. The summed E-state index contributed by atoms with van der Waals surface area (Å²) in [6.45, 7) is 8.78. The van der Waals surface area contributed by atoms with Crippen molar-refractivity contribution >= 4 is 0 Å². The van der Waals surface area contributed by atoms with Crippen molar-refractivity contribution in [1.82, 2.24) is 0 Å². The van der Waals surface area contributed by atoms with Crippen LogP contribution in [0.2, 0.25) is 0 Å². The first-order valence-electron chi connectivity index (χ1n) is 6.64. The second-order valence-corrected chi connectivity index (χ2v) is 6.16. The molecule has 0 radical (unpaired) electrons. The van der Waals surface area contributed by atoms with Crippen LogP contribution >= 0.6 is 0 Å². The molecule has 0 aromatic carbocycles. The maximum atomic E-state index is 10.2. The molecule has 3 aliphatic carbocycles. The van der Waals surface area contributed by atoms with E-state index in [1.807, 2.05) is 0 Å². The summed E-state index contributed by atoms with van der Waals surface area (Å²) in [4.78, 5) is 0. The number of hydrogen-bond donors (Lipinski definition) is 1. The minimum absolute atomic E-state index is 0.253. The van der Waals surface area contributed by atoms with Gasteiger partial charge in [-0.15, -0.1) is 0 Å². The molecular formula is C15H22O. The molecule has 6 unspecified atom stereocenters. The van der Waals surface area contributed by atoms with Crippen molar-refractivity contribution in [3.63, 3.8) is 0 Å². The Labute approximate surface area is 98.2 Å². The van der Waals surface area contributed by atoms with Crippen LogP contribution in [0.4, 0.5) is 0 Å². The van der Waals surface area contributed by atoms with Gasteiger partial charge in [0.15, 0.2) is 0 Å². The molecule has 1 heteroatoms. The van der Waals surface area contributed by atoms with Crippen molar-refractivity contribution in [2.75, 3.05) is 0 Å². The first-order chi connectivity index (χ1) is 7.59. The van der Waals surface area contributed by atoms with E-state index < -0.39 is 0 Å². The van der Waals surface area contributed by atoms with Gasteiger partial charge in [-0.2, -0.15) is 0 Å². The zero-order valence-electron chi connectivity index (χ0n) is 10.3. The van der Waals surface area contributed by atoms with Crippen LogP contribution < -0.4 is 0 Å². The summed E-state index contributed by atoms with van der Waals surface area (Å²) in [5.74, 6) is 3.53. The van der Waals surface area contributed by atoms with E-state index >= 15 is 0 Å². The fraction of sp³-hybridized carbons (Fsp3) is 0.733. The van der Waals surface area contributed by atoms with Gasteiger partial charge in [-0.05, 0) is 61.3 Å². The number of rotatable bonds is 0. The van der Waals surface area contributed by atoms with Crippen molar-refractivity contribution in [2.24, 2.45) is 29.6 Å². The van der Waals surface area contributed by atoms with Gasteiger partial charge in [0.1, 0.15) is 0 Å². The molecule has 16 heavy (non-hydrogen) atoms. The Kier molecular flexibility index (Phi) is 2.29. The molecule has 0 aromatic rings. The lowest BCUT2D eigenvalue weighted by Gasteiger charge is -2.40. The average molecular weight is 218 g/mol. The molecular weight excluding hydrogens is 196 g/mol. The number of aliphatic hydroxyl groups is 1. The number of hydrogen-bond acceptors (Lipinski definition) is 1. The minimum atomic E-state index is -0.253. The summed E-state index contributed by atoms with van der Waals surface area (Å²) >= 11 is 0. The third-order valence-corrected chi connectivity index (χ3v) is 5.39. The van der Waals surface area contributed by atoms with Crippen LogP contribution in [-0.4, -0.2) is 11.2 Å². The highest BCUT2D eigenvalue weighted by atomic mass is 16.3. The summed E-state index contributed by atoms with van der Waals surface area (Å²) in [6.07, 6.45) is 5.69. The standard InChI is InChI=1S/C15H22O/c1-8-4-5-11-10(3)14(16)7-12-9(2)6-13(12)15(8)11/h6,8,11-16H,3-5,7H2,1-2H3. The third kappa shape index (κ3) is 1.27. The molecule has 3 rings (SSSR count). The van der Waals surface area contributed by atoms with E-state index in [0.29, 0.717) is 11.8 Å². The van der Waals surface area contributed by atoms with Gasteiger partial charge in [-0.1, -0.05) is 25.2 Å². The Bertz CT molecular complexity index is 354. The maximum Gasteiger partial charge on any atom is 0.0756 e. The van der Waals surface area contributed by atoms with Gasteiger partial charge in [0.2, 0.25) is 0 Å². The Balaban J connectivity index is 1.97. The van der Waals surface area contributed by atoms with E-state index in [1.165, 1.54) is 18.4 Å². The molecule has 3 aliphatic rings. The molecule has 0 saturated heterocycles. The van der Waals surface area contributed by atoms with Crippen LogP contribution in [0.15, 0.2) is 23.8 Å². The monoisotopic (exact) mass is 218 g/mol. The molecule has 0 amide bonds. The Morgan fingerprint density at radius 1 is 1.31 bits per heavy atom. The van der Waals surface area contributed by atoms with Gasteiger partial charge in [0.05, 0.1) is 6.10 Å². The molecule has 2 fully saturated rings. The van der Waals surface area contributed by atoms with Gasteiger partial charge in [0.25, 0.3) is 0 Å². The van der Waals surface area contributed by atoms with Crippen molar-refractivity contribution < 1.29 is 5.11 Å². The molecule has 0 aromatic heterocycles. The van der Waals surface area contributed by atoms with Crippen LogP contribution in [0, 0.1) is 29.6 Å². The second kappa shape index (κ2) is 3.46. The van der Waals surface area contributed by atoms with E-state index in [9.17, 15) is 5.11 Å². The number of fused-ring (bicyclic) bond motifs is 3. The first-order valence-corrected chi connectivity index (χ1v) is 6.64. The number of aliphatic hydroxyl groups excluding tert-OH is 1. The van der Waals surface area contributed by atoms with Crippen LogP contribution in [0.25, 0.3) is 0 Å². The smallest absolute Gasteiger partial charge is 0.0756 e. The number of allylic oxidation sites excluding steroid dienone is 2. The fourth-order valence-electron chi connectivity index (χ4n) is 4.39. The topological polar surface area (TPSA) is 20.2 Å². The van der Waals surface area contributed by atoms with E-state index in [4.69, 9.17) is 0 Å². The summed E-state index contributed by atoms with van der Waals surface area (Å²) < 4.78 is 0. The third-order valence-electron chi connectivity index (χ3n) is 5.39. The minimum Gasteiger partial charge on any atom is -0.389 e. The predicted octanol–water partition coefficient (Wildman–Crippen LogP) is 3.16. The predicted molar refractivity (Wildman–Crippen MR) is 65.9 cm³/mol. The lowest BCUT2D eigenvalue weighted by Crippen LogP contribution is -2.33. The Hall–Kier alpha value is -0.560. The van der Waals surface area contributed by atoms with Gasteiger partial charge < -0.3 is 5.11 Å². The normalized spacial score (nSPS) is 51.2. The fourth-order valence-corrected chi connectivity index (χ4v) is 4.39. The molecule has 0 spiro atoms. The molecule has 1 nitrogen and oxygen atoms in total. The largest absolute Gasteiger partial charge is 0.389 e. The van der Waals surface area contributed by atoms with E-state index in [0.717, 1.165) is 29.7 Å². The van der Waals surface area contributed by atoms with Gasteiger partial charge in [-0.25, -0.2) is 0 Å². The van der Waals surface area contributed by atoms with E-state index in [-0.39, 0.29) is 6.10 Å². The molecule has 6 atom stereocenters. The van der Waals surface area contributed by atoms with Gasteiger partial charge in [-0.3, -0.25) is 0 Å². The van der Waals surface area contributed by atoms with Crippen molar-refractivity contribution in [3.05, 3.63) is 23.8 Å². The molecule has 0 heterocycles. The van der Waals surface area contributed by atoms with Crippen molar-refractivity contribution in [1.29, 1.82) is 0 Å². The van der Waals surface area contributed by atoms with Crippen molar-refractivity contribution in [3.8, 4) is 0 Å². The molecule has 0 bridgehead atoms. The maximum absolute atomic E-state index is 10.2. The zero-order valence-corrected chi connectivity index (χ0v) is 10.3. The highest BCUT2D eigenvalue weighted by molar-refractivity contribution is 5.28. The Morgan fingerprint density at radius 2 is 2.06 bits per heavy atom. The van der Waals surface area contributed by atoms with Gasteiger partial charge >= 0.3 is 0 Å². The van der Waals surface area contributed by atoms with Crippen LogP contribution in [0.5, 0.6) is 0 Å². The van der Waals surface area contributed by atoms with Crippen molar-refractivity contribution in [2.45, 2.75) is 39.2 Å². The second-order valence-electron chi connectivity index (χ2n) is 6.16. The summed E-state index contributed by atoms with van der Waals surface area (Å²) in [7, 11) is 0.